The van der Waals surface area contributed by atoms with E-state index in [1.165, 1.54) is 12.3 Å². The number of hydrogen-bond acceptors (Lipinski definition) is 10. The Morgan fingerprint density at radius 2 is 1.76 bits per heavy atom. The number of carbonyl (C=O) groups is 1. The molecule has 11 nitrogen and oxygen atoms in total. The van der Waals surface area contributed by atoms with Gasteiger partial charge in [0.1, 0.15) is 16.1 Å². The zero-order valence-electron chi connectivity index (χ0n) is 22.1. The molecule has 4 aromatic rings. The van der Waals surface area contributed by atoms with Gasteiger partial charge in [0, 0.05) is 17.7 Å². The number of aliphatic hydroxyl groups excluding tert-OH is 2. The maximum atomic E-state index is 13.5. The summed E-state index contributed by atoms with van der Waals surface area (Å²) in [5.41, 5.74) is 1.11. The number of nitro benzene ring substituents is 1. The molecule has 13 heteroatoms. The van der Waals surface area contributed by atoms with E-state index in [2.05, 4.69) is 4.98 Å². The summed E-state index contributed by atoms with van der Waals surface area (Å²) in [5, 5.41) is 33.1. The van der Waals surface area contributed by atoms with E-state index >= 15 is 0 Å². The third-order valence-electron chi connectivity index (χ3n) is 6.75. The van der Waals surface area contributed by atoms with Gasteiger partial charge in [-0.15, -0.1) is 0 Å². The molecule has 3 heterocycles. The predicted molar refractivity (Wildman–Crippen MR) is 149 cm³/mol. The Labute approximate surface area is 239 Å². The largest absolute Gasteiger partial charge is 0.503 e. The van der Waals surface area contributed by atoms with Crippen LogP contribution in [0.4, 0.5) is 10.8 Å². The van der Waals surface area contributed by atoms with Gasteiger partial charge in [-0.2, -0.15) is 0 Å². The minimum atomic E-state index is -4.14. The number of thiazole rings is 1. The molecule has 212 valence electrons. The summed E-state index contributed by atoms with van der Waals surface area (Å²) < 4.78 is 31.7. The smallest absolute Gasteiger partial charge is 0.295 e. The van der Waals surface area contributed by atoms with Crippen LogP contribution in [-0.2, 0) is 20.0 Å². The molecular formula is C28H25N3O8S2. The lowest BCUT2D eigenvalue weighted by Crippen LogP contribution is -2.30. The van der Waals surface area contributed by atoms with Crippen LogP contribution in [0.3, 0.4) is 0 Å². The molecule has 5 rings (SSSR count). The molecule has 0 bridgehead atoms. The summed E-state index contributed by atoms with van der Waals surface area (Å²) in [6.07, 6.45) is 0.963. The van der Waals surface area contributed by atoms with Crippen molar-refractivity contribution in [3.63, 3.8) is 0 Å². The fourth-order valence-corrected chi connectivity index (χ4v) is 7.09. The van der Waals surface area contributed by atoms with Gasteiger partial charge < -0.3 is 14.6 Å². The topological polar surface area (TPSA) is 164 Å². The highest BCUT2D eigenvalue weighted by Gasteiger charge is 2.46. The van der Waals surface area contributed by atoms with Gasteiger partial charge in [0.15, 0.2) is 10.9 Å². The third kappa shape index (κ3) is 5.03. The SMILES string of the molecule is CC(C)(C)c1ccc([C@@H]2C([C@H](O)c3ccco3)=C(O)C(=O)N2c2ncc(S(=O)(=O)c3ccc([N+](=O)[O-])cc3)s2)cc1. The molecule has 1 aliphatic heterocycles. The summed E-state index contributed by atoms with van der Waals surface area (Å²) in [7, 11) is -4.14. The van der Waals surface area contributed by atoms with Crippen LogP contribution in [0, 0.1) is 10.1 Å². The van der Waals surface area contributed by atoms with Gasteiger partial charge >= 0.3 is 0 Å². The number of nitrogens with zero attached hydrogens (tertiary/aromatic N) is 3. The van der Waals surface area contributed by atoms with E-state index in [0.29, 0.717) is 16.9 Å². The highest BCUT2D eigenvalue weighted by atomic mass is 32.2. The van der Waals surface area contributed by atoms with E-state index in [4.69, 9.17) is 4.42 Å². The quantitative estimate of drug-likeness (QED) is 0.210. The van der Waals surface area contributed by atoms with Crippen LogP contribution in [0.15, 0.2) is 98.0 Å². The zero-order valence-corrected chi connectivity index (χ0v) is 23.7. The Morgan fingerprint density at radius 3 is 2.32 bits per heavy atom. The Bertz CT molecular complexity index is 1750. The van der Waals surface area contributed by atoms with Crippen molar-refractivity contribution >= 4 is 37.9 Å². The van der Waals surface area contributed by atoms with Crippen LogP contribution >= 0.6 is 11.3 Å². The maximum absolute atomic E-state index is 13.5. The molecule has 0 saturated heterocycles. The third-order valence-corrected chi connectivity index (χ3v) is 9.98. The van der Waals surface area contributed by atoms with Gasteiger partial charge in [0.25, 0.3) is 11.6 Å². The first-order valence-electron chi connectivity index (χ1n) is 12.3. The second-order valence-electron chi connectivity index (χ2n) is 10.4. The monoisotopic (exact) mass is 595 g/mol. The van der Waals surface area contributed by atoms with Crippen molar-refractivity contribution in [3.8, 4) is 0 Å². The van der Waals surface area contributed by atoms with Gasteiger partial charge in [-0.3, -0.25) is 19.8 Å². The molecule has 0 radical (unpaired) electrons. The van der Waals surface area contributed by atoms with Crippen LogP contribution in [0.1, 0.15) is 49.8 Å². The zero-order chi connectivity index (χ0) is 29.7. The van der Waals surface area contributed by atoms with E-state index in [1.807, 2.05) is 32.9 Å². The number of furan rings is 1. The van der Waals surface area contributed by atoms with Gasteiger partial charge in [0.2, 0.25) is 9.84 Å². The molecule has 41 heavy (non-hydrogen) atoms. The second-order valence-corrected chi connectivity index (χ2v) is 13.6. The lowest BCUT2D eigenvalue weighted by atomic mass is 9.85. The minimum Gasteiger partial charge on any atom is -0.503 e. The molecule has 0 spiro atoms. The van der Waals surface area contributed by atoms with Crippen LogP contribution < -0.4 is 4.90 Å². The number of benzene rings is 2. The van der Waals surface area contributed by atoms with E-state index in [0.717, 1.165) is 40.9 Å². The Kier molecular flexibility index (Phi) is 7.05. The van der Waals surface area contributed by atoms with Gasteiger partial charge in [-0.05, 0) is 40.8 Å². The number of non-ortho nitro benzene ring substituents is 1. The second kappa shape index (κ2) is 10.3. The molecule has 1 amide bonds. The summed E-state index contributed by atoms with van der Waals surface area (Å²) in [6.45, 7) is 6.15. The van der Waals surface area contributed by atoms with Crippen molar-refractivity contribution in [2.75, 3.05) is 4.90 Å². The first-order valence-corrected chi connectivity index (χ1v) is 14.6. The average molecular weight is 596 g/mol. The number of amides is 1. The van der Waals surface area contributed by atoms with Crippen molar-refractivity contribution in [1.29, 1.82) is 0 Å². The maximum Gasteiger partial charge on any atom is 0.295 e. The summed E-state index contributed by atoms with van der Waals surface area (Å²) in [4.78, 5) is 29.0. The molecule has 2 atom stereocenters. The van der Waals surface area contributed by atoms with Gasteiger partial charge in [0.05, 0.1) is 28.3 Å². The van der Waals surface area contributed by atoms with E-state index in [-0.39, 0.29) is 36.7 Å². The number of nitro groups is 1. The number of carbonyl (C=O) groups excluding carboxylic acids is 1. The van der Waals surface area contributed by atoms with Crippen LogP contribution in [-0.4, -0.2) is 34.4 Å². The number of anilines is 1. The number of hydrogen-bond donors (Lipinski definition) is 2. The fraction of sp³-hybridized carbons (Fsp3) is 0.214. The van der Waals surface area contributed by atoms with Gasteiger partial charge in [-0.1, -0.05) is 56.4 Å². The highest BCUT2D eigenvalue weighted by molar-refractivity contribution is 7.93. The molecule has 0 unspecified atom stereocenters. The molecule has 0 fully saturated rings. The lowest BCUT2D eigenvalue weighted by molar-refractivity contribution is -0.384. The van der Waals surface area contributed by atoms with Gasteiger partial charge in [-0.25, -0.2) is 13.4 Å². The Balaban J connectivity index is 1.58. The van der Waals surface area contributed by atoms with E-state index in [9.17, 15) is 33.5 Å². The number of aromatic nitrogens is 1. The molecule has 0 saturated carbocycles. The molecule has 0 aliphatic carbocycles. The summed E-state index contributed by atoms with van der Waals surface area (Å²) in [6, 6.07) is 13.8. The molecule has 2 aromatic carbocycles. The normalized spacial score (nSPS) is 16.8. The molecule has 2 aromatic heterocycles. The van der Waals surface area contributed by atoms with Crippen molar-refractivity contribution < 1.29 is 32.8 Å². The minimum absolute atomic E-state index is 0.0337. The first kappa shape index (κ1) is 28.2. The predicted octanol–water partition coefficient (Wildman–Crippen LogP) is 5.41. The number of rotatable bonds is 7. The van der Waals surface area contributed by atoms with Crippen LogP contribution in [0.25, 0.3) is 0 Å². The van der Waals surface area contributed by atoms with E-state index in [1.54, 1.807) is 18.2 Å². The van der Waals surface area contributed by atoms with Crippen molar-refractivity contribution in [2.24, 2.45) is 0 Å². The fourth-order valence-electron chi connectivity index (χ4n) is 4.54. The average Bonchev–Trinajstić information content (AvgIpc) is 3.69. The lowest BCUT2D eigenvalue weighted by Gasteiger charge is -2.27. The van der Waals surface area contributed by atoms with Crippen LogP contribution in [0.2, 0.25) is 0 Å². The van der Waals surface area contributed by atoms with E-state index < -0.39 is 38.6 Å². The van der Waals surface area contributed by atoms with Crippen molar-refractivity contribution in [3.05, 3.63) is 111 Å². The number of aliphatic hydroxyl groups is 2. The van der Waals surface area contributed by atoms with Crippen molar-refractivity contribution in [2.45, 2.75) is 47.4 Å². The molecule has 1 aliphatic rings. The standard InChI is InChI=1S/C28H25N3O8S2/c1-28(2,3)17-8-6-16(7-9-17)23-22(24(32)20-5-4-14-39-20)25(33)26(34)30(23)27-29-15-21(40-27)41(37,38)19-12-10-18(11-13-19)31(35)36/h4-15,23-24,32-33H,1-3H3/t23-,24-/m1/s1. The highest BCUT2D eigenvalue weighted by Crippen LogP contribution is 2.47. The summed E-state index contributed by atoms with van der Waals surface area (Å²) in [5.74, 6) is -1.46. The Morgan fingerprint density at radius 1 is 1.10 bits per heavy atom. The Hall–Kier alpha value is -4.33. The molecule has 2 N–H and O–H groups in total. The first-order chi connectivity index (χ1) is 19.3. The molecular weight excluding hydrogens is 570 g/mol. The van der Waals surface area contributed by atoms with Crippen molar-refractivity contribution in [1.82, 2.24) is 4.98 Å². The summed E-state index contributed by atoms with van der Waals surface area (Å²) >= 11 is 0.695. The number of sulfone groups is 1. The van der Waals surface area contributed by atoms with Crippen LogP contribution in [0.5, 0.6) is 0 Å².